The number of amides is 1. The van der Waals surface area contributed by atoms with Gasteiger partial charge in [0.2, 0.25) is 0 Å². The van der Waals surface area contributed by atoms with Crippen LogP contribution in [0.4, 0.5) is 5.69 Å². The van der Waals surface area contributed by atoms with Crippen LogP contribution in [0.5, 0.6) is 5.75 Å². The molecule has 0 unspecified atom stereocenters. The van der Waals surface area contributed by atoms with Gasteiger partial charge in [0.15, 0.2) is 5.17 Å². The molecule has 0 bridgehead atoms. The van der Waals surface area contributed by atoms with E-state index < -0.39 is 0 Å². The van der Waals surface area contributed by atoms with Crippen molar-refractivity contribution in [1.82, 2.24) is 4.90 Å². The SMILES string of the molecule is C#CCOc1ccccc1/C=C1/SC(=Nc2ccccc2)N(C)C1=O. The summed E-state index contributed by atoms with van der Waals surface area (Å²) in [5.41, 5.74) is 1.62. The molecule has 4 nitrogen and oxygen atoms in total. The molecule has 1 amide bonds. The molecule has 5 heteroatoms. The highest BCUT2D eigenvalue weighted by Gasteiger charge is 2.30. The number of hydrogen-bond acceptors (Lipinski definition) is 4. The molecule has 3 rings (SSSR count). The first-order valence-electron chi connectivity index (χ1n) is 7.65. The molecule has 0 spiro atoms. The Kier molecular flexibility index (Phi) is 5.22. The highest BCUT2D eigenvalue weighted by molar-refractivity contribution is 8.18. The second kappa shape index (κ2) is 7.73. The van der Waals surface area contributed by atoms with E-state index in [0.29, 0.717) is 15.8 Å². The third-order valence-corrected chi connectivity index (χ3v) is 4.56. The smallest absolute Gasteiger partial charge is 0.266 e. The molecule has 2 aromatic rings. The number of rotatable bonds is 4. The fourth-order valence-corrected chi connectivity index (χ4v) is 3.23. The van der Waals surface area contributed by atoms with Gasteiger partial charge in [-0.1, -0.05) is 42.3 Å². The first kappa shape index (κ1) is 16.9. The molecule has 0 atom stereocenters. The number of likely N-dealkylation sites (N-methyl/N-ethyl adjacent to an activating group) is 1. The Balaban J connectivity index is 1.89. The van der Waals surface area contributed by atoms with Gasteiger partial charge in [0.05, 0.1) is 10.6 Å². The molecule has 1 fully saturated rings. The van der Waals surface area contributed by atoms with E-state index in [0.717, 1.165) is 11.3 Å². The van der Waals surface area contributed by atoms with E-state index in [1.165, 1.54) is 11.8 Å². The fraction of sp³-hybridized carbons (Fsp3) is 0.100. The highest BCUT2D eigenvalue weighted by atomic mass is 32.2. The molecule has 124 valence electrons. The van der Waals surface area contributed by atoms with Crippen LogP contribution in [0.1, 0.15) is 5.56 Å². The summed E-state index contributed by atoms with van der Waals surface area (Å²) in [5.74, 6) is 3.00. The summed E-state index contributed by atoms with van der Waals surface area (Å²) in [4.78, 5) is 19.2. The Morgan fingerprint density at radius 3 is 2.68 bits per heavy atom. The van der Waals surface area contributed by atoms with Crippen molar-refractivity contribution in [3.63, 3.8) is 0 Å². The van der Waals surface area contributed by atoms with Crippen molar-refractivity contribution in [3.8, 4) is 18.1 Å². The van der Waals surface area contributed by atoms with Crippen molar-refractivity contribution in [2.24, 2.45) is 4.99 Å². The zero-order valence-corrected chi connectivity index (χ0v) is 14.5. The first-order chi connectivity index (χ1) is 12.2. The maximum absolute atomic E-state index is 12.5. The summed E-state index contributed by atoms with van der Waals surface area (Å²) < 4.78 is 5.54. The molecule has 1 aliphatic rings. The summed E-state index contributed by atoms with van der Waals surface area (Å²) >= 11 is 1.34. The maximum atomic E-state index is 12.5. The van der Waals surface area contributed by atoms with Crippen LogP contribution < -0.4 is 4.74 Å². The second-order valence-corrected chi connectivity index (χ2v) is 6.24. The average Bonchev–Trinajstić information content (AvgIpc) is 2.90. The van der Waals surface area contributed by atoms with E-state index in [9.17, 15) is 4.79 Å². The molecular weight excluding hydrogens is 332 g/mol. The number of nitrogens with zero attached hydrogens (tertiary/aromatic N) is 2. The molecule has 2 aromatic carbocycles. The largest absolute Gasteiger partial charge is 0.480 e. The normalized spacial score (nSPS) is 17.1. The number of carbonyl (C=O) groups excluding carboxylic acids is 1. The monoisotopic (exact) mass is 348 g/mol. The van der Waals surface area contributed by atoms with Gasteiger partial charge in [0.25, 0.3) is 5.91 Å². The summed E-state index contributed by atoms with van der Waals surface area (Å²) in [7, 11) is 1.72. The van der Waals surface area contributed by atoms with E-state index in [1.807, 2.05) is 60.7 Å². The van der Waals surface area contributed by atoms with Gasteiger partial charge < -0.3 is 4.74 Å². The van der Waals surface area contributed by atoms with Crippen LogP contribution in [0.15, 0.2) is 64.5 Å². The number of carbonyl (C=O) groups is 1. The lowest BCUT2D eigenvalue weighted by atomic mass is 10.2. The van der Waals surface area contributed by atoms with Crippen LogP contribution in [-0.4, -0.2) is 29.6 Å². The van der Waals surface area contributed by atoms with Crippen molar-refractivity contribution in [1.29, 1.82) is 0 Å². The molecule has 1 heterocycles. The molecule has 1 aliphatic heterocycles. The minimum atomic E-state index is -0.0913. The number of ether oxygens (including phenoxy) is 1. The zero-order valence-electron chi connectivity index (χ0n) is 13.7. The number of amidine groups is 1. The summed E-state index contributed by atoms with van der Waals surface area (Å²) in [5, 5.41) is 0.643. The van der Waals surface area contributed by atoms with Crippen LogP contribution in [0.25, 0.3) is 6.08 Å². The summed E-state index contributed by atoms with van der Waals surface area (Å²) in [6, 6.07) is 17.0. The van der Waals surface area contributed by atoms with Crippen LogP contribution >= 0.6 is 11.8 Å². The predicted octanol–water partition coefficient (Wildman–Crippen LogP) is 3.93. The molecule has 1 saturated heterocycles. The minimum Gasteiger partial charge on any atom is -0.480 e. The predicted molar refractivity (Wildman–Crippen MR) is 103 cm³/mol. The van der Waals surface area contributed by atoms with Crippen LogP contribution in [0.2, 0.25) is 0 Å². The number of terminal acetylenes is 1. The average molecular weight is 348 g/mol. The highest BCUT2D eigenvalue weighted by Crippen LogP contribution is 2.34. The van der Waals surface area contributed by atoms with Gasteiger partial charge in [-0.3, -0.25) is 9.69 Å². The first-order valence-corrected chi connectivity index (χ1v) is 8.47. The maximum Gasteiger partial charge on any atom is 0.266 e. The molecule has 0 N–H and O–H groups in total. The Bertz CT molecular complexity index is 882. The van der Waals surface area contributed by atoms with Crippen molar-refractivity contribution >= 4 is 34.6 Å². The molecule has 0 aliphatic carbocycles. The third kappa shape index (κ3) is 3.93. The van der Waals surface area contributed by atoms with Gasteiger partial charge in [-0.15, -0.1) is 6.42 Å². The second-order valence-electron chi connectivity index (χ2n) is 5.24. The van der Waals surface area contributed by atoms with E-state index in [1.54, 1.807) is 11.9 Å². The standard InChI is InChI=1S/C20H16N2O2S/c1-3-13-24-17-12-8-7-9-15(17)14-18-19(23)22(2)20(25-18)21-16-10-5-4-6-11-16/h1,4-12,14H,13H2,2H3/b18-14+,21-20?. The fourth-order valence-electron chi connectivity index (χ4n) is 2.26. The number of thioether (sulfide) groups is 1. The van der Waals surface area contributed by atoms with Gasteiger partial charge in [-0.25, -0.2) is 4.99 Å². The number of benzene rings is 2. The quantitative estimate of drug-likeness (QED) is 0.621. The third-order valence-electron chi connectivity index (χ3n) is 3.50. The molecule has 0 saturated carbocycles. The molecule has 0 aromatic heterocycles. The lowest BCUT2D eigenvalue weighted by molar-refractivity contribution is -0.121. The Hall–Kier alpha value is -2.97. The van der Waals surface area contributed by atoms with Gasteiger partial charge in [0.1, 0.15) is 12.4 Å². The van der Waals surface area contributed by atoms with Crippen molar-refractivity contribution in [2.75, 3.05) is 13.7 Å². The van der Waals surface area contributed by atoms with E-state index in [-0.39, 0.29) is 12.5 Å². The van der Waals surface area contributed by atoms with Crippen LogP contribution in [0, 0.1) is 12.3 Å². The van der Waals surface area contributed by atoms with E-state index in [2.05, 4.69) is 10.9 Å². The molecule has 0 radical (unpaired) electrons. The minimum absolute atomic E-state index is 0.0913. The molecule has 25 heavy (non-hydrogen) atoms. The van der Waals surface area contributed by atoms with Gasteiger partial charge in [-0.2, -0.15) is 0 Å². The summed E-state index contributed by atoms with van der Waals surface area (Å²) in [6.45, 7) is 0.182. The lowest BCUT2D eigenvalue weighted by Crippen LogP contribution is -2.23. The van der Waals surface area contributed by atoms with Crippen LogP contribution in [0.3, 0.4) is 0 Å². The Morgan fingerprint density at radius 1 is 1.20 bits per heavy atom. The van der Waals surface area contributed by atoms with Gasteiger partial charge in [-0.05, 0) is 36.0 Å². The molecular formula is C20H16N2O2S. The van der Waals surface area contributed by atoms with Gasteiger partial charge >= 0.3 is 0 Å². The number of hydrogen-bond donors (Lipinski definition) is 0. The van der Waals surface area contributed by atoms with E-state index >= 15 is 0 Å². The lowest BCUT2D eigenvalue weighted by Gasteiger charge is -2.07. The van der Waals surface area contributed by atoms with Crippen molar-refractivity contribution in [3.05, 3.63) is 65.1 Å². The van der Waals surface area contributed by atoms with E-state index in [4.69, 9.17) is 11.2 Å². The number of aliphatic imine (C=N–C) groups is 1. The van der Waals surface area contributed by atoms with Gasteiger partial charge in [0, 0.05) is 12.6 Å². The number of para-hydroxylation sites is 2. The Morgan fingerprint density at radius 2 is 1.92 bits per heavy atom. The van der Waals surface area contributed by atoms with Crippen molar-refractivity contribution in [2.45, 2.75) is 0 Å². The Labute approximate surface area is 151 Å². The summed E-state index contributed by atoms with van der Waals surface area (Å²) in [6.07, 6.45) is 7.06. The van der Waals surface area contributed by atoms with Crippen LogP contribution in [-0.2, 0) is 4.79 Å². The van der Waals surface area contributed by atoms with Crippen molar-refractivity contribution < 1.29 is 9.53 Å². The topological polar surface area (TPSA) is 41.9 Å². The zero-order chi connectivity index (χ0) is 17.6.